The average Bonchev–Trinajstić information content (AvgIpc) is 3.34. The van der Waals surface area contributed by atoms with Crippen LogP contribution in [0, 0.1) is 0 Å². The number of furan rings is 1. The van der Waals surface area contributed by atoms with Crippen LogP contribution in [-0.2, 0) is 16.1 Å². The first kappa shape index (κ1) is 21.1. The Balaban J connectivity index is 1.63. The third-order valence-electron chi connectivity index (χ3n) is 5.14. The van der Waals surface area contributed by atoms with E-state index >= 15 is 0 Å². The highest BCUT2D eigenvalue weighted by Gasteiger charge is 2.29. The lowest BCUT2D eigenvalue weighted by Gasteiger charge is -2.27. The summed E-state index contributed by atoms with van der Waals surface area (Å²) in [5.74, 6) is -0.347. The molecule has 32 heavy (non-hydrogen) atoms. The molecule has 0 radical (unpaired) electrons. The van der Waals surface area contributed by atoms with Crippen molar-refractivity contribution in [3.8, 4) is 0 Å². The van der Waals surface area contributed by atoms with Crippen LogP contribution in [0.25, 0.3) is 0 Å². The number of nitrogens with zero attached hydrogens (tertiary/aromatic N) is 1. The molecule has 0 atom stereocenters. The molecule has 2 amide bonds. The van der Waals surface area contributed by atoms with Crippen molar-refractivity contribution in [2.75, 3.05) is 11.9 Å². The van der Waals surface area contributed by atoms with Gasteiger partial charge in [-0.15, -0.1) is 0 Å². The van der Waals surface area contributed by atoms with Gasteiger partial charge in [-0.2, -0.15) is 0 Å². The molecule has 0 spiro atoms. The summed E-state index contributed by atoms with van der Waals surface area (Å²) in [6.45, 7) is 0.106. The maximum Gasteiger partial charge on any atom is 0.244 e. The summed E-state index contributed by atoms with van der Waals surface area (Å²) >= 11 is 0. The van der Waals surface area contributed by atoms with Crippen LogP contribution in [0.3, 0.4) is 0 Å². The Hall–Kier alpha value is -4.12. The summed E-state index contributed by atoms with van der Waals surface area (Å²) < 4.78 is 5.48. The maximum atomic E-state index is 13.9. The molecular formula is C27H24N2O3. The van der Waals surface area contributed by atoms with Crippen molar-refractivity contribution in [3.05, 3.63) is 126 Å². The minimum absolute atomic E-state index is 0.0927. The molecule has 5 nitrogen and oxygen atoms in total. The van der Waals surface area contributed by atoms with Crippen molar-refractivity contribution in [3.63, 3.8) is 0 Å². The number of carbonyl (C=O) groups is 2. The molecule has 0 aliphatic heterocycles. The molecule has 4 rings (SSSR count). The summed E-state index contributed by atoms with van der Waals surface area (Å²) in [6, 6.07) is 32.0. The van der Waals surface area contributed by atoms with E-state index in [-0.39, 0.29) is 24.9 Å². The summed E-state index contributed by atoms with van der Waals surface area (Å²) in [7, 11) is 0. The molecule has 1 N–H and O–H groups in total. The molecule has 5 heteroatoms. The zero-order valence-corrected chi connectivity index (χ0v) is 17.6. The van der Waals surface area contributed by atoms with E-state index in [0.29, 0.717) is 11.4 Å². The van der Waals surface area contributed by atoms with E-state index in [1.165, 1.54) is 0 Å². The van der Waals surface area contributed by atoms with Crippen molar-refractivity contribution in [2.24, 2.45) is 0 Å². The zero-order chi connectivity index (χ0) is 22.2. The highest BCUT2D eigenvalue weighted by molar-refractivity contribution is 5.96. The Morgan fingerprint density at radius 3 is 1.84 bits per heavy atom. The fraction of sp³-hybridized carbons (Fsp3) is 0.111. The lowest BCUT2D eigenvalue weighted by molar-refractivity contribution is -0.136. The van der Waals surface area contributed by atoms with E-state index in [1.54, 1.807) is 23.3 Å². The molecular weight excluding hydrogens is 400 g/mol. The molecule has 0 fully saturated rings. The fourth-order valence-electron chi connectivity index (χ4n) is 3.65. The van der Waals surface area contributed by atoms with E-state index in [2.05, 4.69) is 5.32 Å². The normalized spacial score (nSPS) is 10.7. The van der Waals surface area contributed by atoms with Crippen LogP contribution in [0.4, 0.5) is 5.69 Å². The molecule has 4 aromatic rings. The van der Waals surface area contributed by atoms with Crippen LogP contribution >= 0.6 is 0 Å². The fourth-order valence-corrected chi connectivity index (χ4v) is 3.65. The van der Waals surface area contributed by atoms with Gasteiger partial charge in [0.25, 0.3) is 0 Å². The predicted octanol–water partition coefficient (Wildman–Crippen LogP) is 5.08. The van der Waals surface area contributed by atoms with Gasteiger partial charge < -0.3 is 14.6 Å². The second-order valence-electron chi connectivity index (χ2n) is 7.44. The van der Waals surface area contributed by atoms with Gasteiger partial charge in [0, 0.05) is 5.69 Å². The number of carbonyl (C=O) groups excluding carboxylic acids is 2. The molecule has 0 aliphatic rings. The highest BCUT2D eigenvalue weighted by atomic mass is 16.3. The first-order chi connectivity index (χ1) is 15.7. The van der Waals surface area contributed by atoms with E-state index in [0.717, 1.165) is 11.1 Å². The SMILES string of the molecule is O=C(CN(Cc1ccco1)C(=O)C(c1ccccc1)c1ccccc1)Nc1ccccc1. The highest BCUT2D eigenvalue weighted by Crippen LogP contribution is 2.27. The zero-order valence-electron chi connectivity index (χ0n) is 17.6. The van der Waals surface area contributed by atoms with Crippen LogP contribution in [-0.4, -0.2) is 23.3 Å². The van der Waals surface area contributed by atoms with Crippen molar-refractivity contribution >= 4 is 17.5 Å². The predicted molar refractivity (Wildman–Crippen MR) is 124 cm³/mol. The Labute approximate surface area is 187 Å². The largest absolute Gasteiger partial charge is 0.467 e. The number of amides is 2. The lowest BCUT2D eigenvalue weighted by Crippen LogP contribution is -2.40. The third-order valence-corrected chi connectivity index (χ3v) is 5.14. The standard InChI is InChI=1S/C27H24N2O3/c30-25(28-23-15-8-3-9-16-23)20-29(19-24-17-10-18-32-24)27(31)26(21-11-4-1-5-12-21)22-13-6-2-7-14-22/h1-18,26H,19-20H2,(H,28,30). The molecule has 1 heterocycles. The number of hydrogen-bond acceptors (Lipinski definition) is 3. The molecule has 0 bridgehead atoms. The number of rotatable bonds is 8. The van der Waals surface area contributed by atoms with Crippen LogP contribution < -0.4 is 5.32 Å². The summed E-state index contributed by atoms with van der Waals surface area (Å²) in [4.78, 5) is 28.2. The summed E-state index contributed by atoms with van der Waals surface area (Å²) in [5.41, 5.74) is 2.43. The van der Waals surface area contributed by atoms with Crippen LogP contribution in [0.2, 0.25) is 0 Å². The maximum absolute atomic E-state index is 13.9. The van der Waals surface area contributed by atoms with Gasteiger partial charge in [0.1, 0.15) is 12.3 Å². The topological polar surface area (TPSA) is 62.6 Å². The molecule has 0 unspecified atom stereocenters. The van der Waals surface area contributed by atoms with Crippen LogP contribution in [0.15, 0.2) is 114 Å². The van der Waals surface area contributed by atoms with Gasteiger partial charge in [-0.25, -0.2) is 0 Å². The molecule has 0 saturated carbocycles. The Kier molecular flexibility index (Phi) is 6.78. The van der Waals surface area contributed by atoms with Crippen molar-refractivity contribution in [1.82, 2.24) is 4.90 Å². The minimum Gasteiger partial charge on any atom is -0.467 e. The lowest BCUT2D eigenvalue weighted by atomic mass is 9.90. The Morgan fingerprint density at radius 2 is 1.31 bits per heavy atom. The van der Waals surface area contributed by atoms with Gasteiger partial charge in [-0.05, 0) is 35.4 Å². The first-order valence-electron chi connectivity index (χ1n) is 10.5. The number of hydrogen-bond donors (Lipinski definition) is 1. The van der Waals surface area contributed by atoms with Gasteiger partial charge in [0.05, 0.1) is 18.7 Å². The molecule has 0 aliphatic carbocycles. The molecule has 3 aromatic carbocycles. The van der Waals surface area contributed by atoms with E-state index < -0.39 is 5.92 Å². The van der Waals surface area contributed by atoms with Crippen molar-refractivity contribution in [1.29, 1.82) is 0 Å². The van der Waals surface area contributed by atoms with Gasteiger partial charge in [-0.3, -0.25) is 9.59 Å². The monoisotopic (exact) mass is 424 g/mol. The minimum atomic E-state index is -0.531. The number of nitrogens with one attached hydrogen (secondary N) is 1. The van der Waals surface area contributed by atoms with Crippen molar-refractivity contribution in [2.45, 2.75) is 12.5 Å². The quantitative estimate of drug-likeness (QED) is 0.429. The van der Waals surface area contributed by atoms with Crippen LogP contribution in [0.1, 0.15) is 22.8 Å². The smallest absolute Gasteiger partial charge is 0.244 e. The molecule has 160 valence electrons. The summed E-state index contributed by atoms with van der Waals surface area (Å²) in [6.07, 6.45) is 1.56. The molecule has 1 aromatic heterocycles. The van der Waals surface area contributed by atoms with Gasteiger partial charge in [-0.1, -0.05) is 78.9 Å². The van der Waals surface area contributed by atoms with E-state index in [4.69, 9.17) is 4.42 Å². The Morgan fingerprint density at radius 1 is 0.750 bits per heavy atom. The van der Waals surface area contributed by atoms with E-state index in [9.17, 15) is 9.59 Å². The summed E-state index contributed by atoms with van der Waals surface area (Å²) in [5, 5.41) is 2.86. The number of para-hydroxylation sites is 1. The first-order valence-corrected chi connectivity index (χ1v) is 10.5. The number of anilines is 1. The second-order valence-corrected chi connectivity index (χ2v) is 7.44. The Bertz CT molecular complexity index is 1090. The van der Waals surface area contributed by atoms with Crippen LogP contribution in [0.5, 0.6) is 0 Å². The van der Waals surface area contributed by atoms with Crippen molar-refractivity contribution < 1.29 is 14.0 Å². The van der Waals surface area contributed by atoms with Gasteiger partial charge in [0.15, 0.2) is 0 Å². The molecule has 0 saturated heterocycles. The van der Waals surface area contributed by atoms with Gasteiger partial charge >= 0.3 is 0 Å². The average molecular weight is 425 g/mol. The number of benzene rings is 3. The second kappa shape index (κ2) is 10.3. The van der Waals surface area contributed by atoms with Gasteiger partial charge in [0.2, 0.25) is 11.8 Å². The van der Waals surface area contributed by atoms with E-state index in [1.807, 2.05) is 91.0 Å². The third kappa shape index (κ3) is 5.32.